The van der Waals surface area contributed by atoms with E-state index in [0.29, 0.717) is 12.1 Å². The second kappa shape index (κ2) is 7.56. The van der Waals surface area contributed by atoms with Gasteiger partial charge in [-0.15, -0.1) is 10.2 Å². The van der Waals surface area contributed by atoms with Crippen molar-refractivity contribution in [3.05, 3.63) is 0 Å². The van der Waals surface area contributed by atoms with E-state index in [0.717, 1.165) is 37.0 Å². The molecule has 1 aromatic heterocycles. The van der Waals surface area contributed by atoms with E-state index in [1.165, 1.54) is 44.9 Å². The summed E-state index contributed by atoms with van der Waals surface area (Å²) in [6.45, 7) is 4.14. The molecule has 25 heavy (non-hydrogen) atoms. The average Bonchev–Trinajstić information content (AvgIpc) is 3.17. The van der Waals surface area contributed by atoms with Crippen molar-refractivity contribution in [2.24, 2.45) is 0 Å². The minimum absolute atomic E-state index is 0.128. The van der Waals surface area contributed by atoms with Gasteiger partial charge in [0, 0.05) is 25.2 Å². The molecule has 6 nitrogen and oxygen atoms in total. The molecule has 0 bridgehead atoms. The SMILES string of the molecule is CC(Sc1nnc(N2CCCCC2)n1C1CC1)C(=O)NC1CCCC1. The molecular weight excluding hydrogens is 334 g/mol. The van der Waals surface area contributed by atoms with Crippen LogP contribution in [0.5, 0.6) is 0 Å². The summed E-state index contributed by atoms with van der Waals surface area (Å²) < 4.78 is 2.30. The molecule has 2 saturated carbocycles. The molecule has 1 saturated heterocycles. The van der Waals surface area contributed by atoms with Gasteiger partial charge >= 0.3 is 0 Å². The van der Waals surface area contributed by atoms with E-state index in [-0.39, 0.29) is 11.2 Å². The summed E-state index contributed by atoms with van der Waals surface area (Å²) in [5.41, 5.74) is 0. The molecule has 1 aromatic rings. The number of carbonyl (C=O) groups is 1. The third-order valence-corrected chi connectivity index (χ3v) is 6.61. The minimum Gasteiger partial charge on any atom is -0.352 e. The lowest BCUT2D eigenvalue weighted by Gasteiger charge is -2.28. The molecule has 1 N–H and O–H groups in total. The van der Waals surface area contributed by atoms with Crippen LogP contribution in [0.1, 0.15) is 70.8 Å². The number of nitrogens with one attached hydrogen (secondary N) is 1. The molecule has 1 unspecified atom stereocenters. The Morgan fingerprint density at radius 1 is 1.08 bits per heavy atom. The van der Waals surface area contributed by atoms with Gasteiger partial charge in [0.25, 0.3) is 0 Å². The molecule has 0 spiro atoms. The van der Waals surface area contributed by atoms with Crippen molar-refractivity contribution in [2.75, 3.05) is 18.0 Å². The Bertz CT molecular complexity index is 603. The Hall–Kier alpha value is -1.24. The smallest absolute Gasteiger partial charge is 0.233 e. The van der Waals surface area contributed by atoms with Crippen LogP contribution >= 0.6 is 11.8 Å². The van der Waals surface area contributed by atoms with E-state index < -0.39 is 0 Å². The molecule has 3 aliphatic rings. The summed E-state index contributed by atoms with van der Waals surface area (Å²) in [5, 5.41) is 13.0. The third kappa shape index (κ3) is 3.96. The fourth-order valence-corrected chi connectivity index (χ4v) is 4.84. The summed E-state index contributed by atoms with van der Waals surface area (Å²) in [6.07, 6.45) is 10.9. The highest BCUT2D eigenvalue weighted by molar-refractivity contribution is 8.00. The molecule has 7 heteroatoms. The topological polar surface area (TPSA) is 63.1 Å². The molecule has 1 aliphatic heterocycles. The Labute approximate surface area is 154 Å². The Balaban J connectivity index is 1.44. The zero-order valence-electron chi connectivity index (χ0n) is 15.1. The minimum atomic E-state index is -0.128. The van der Waals surface area contributed by atoms with Gasteiger partial charge in [0.1, 0.15) is 0 Å². The van der Waals surface area contributed by atoms with E-state index in [2.05, 4.69) is 25.0 Å². The average molecular weight is 364 g/mol. The Morgan fingerprint density at radius 3 is 2.48 bits per heavy atom. The standard InChI is InChI=1S/C18H29N5OS/c1-13(16(24)19-14-7-3-4-8-14)25-18-21-20-17(23(18)15-9-10-15)22-11-5-2-6-12-22/h13-15H,2-12H2,1H3,(H,19,24). The summed E-state index contributed by atoms with van der Waals surface area (Å²) in [6, 6.07) is 0.903. The molecule has 138 valence electrons. The van der Waals surface area contributed by atoms with Gasteiger partial charge in [-0.3, -0.25) is 9.36 Å². The Kier molecular flexibility index (Phi) is 5.20. The summed E-state index contributed by atoms with van der Waals surface area (Å²) >= 11 is 1.57. The first kappa shape index (κ1) is 17.2. The molecule has 2 heterocycles. The fourth-order valence-electron chi connectivity index (χ4n) is 3.91. The van der Waals surface area contributed by atoms with E-state index in [1.807, 2.05) is 6.92 Å². The number of hydrogen-bond donors (Lipinski definition) is 1. The monoisotopic (exact) mass is 363 g/mol. The molecular formula is C18H29N5OS. The van der Waals surface area contributed by atoms with Crippen molar-refractivity contribution in [1.29, 1.82) is 0 Å². The predicted molar refractivity (Wildman–Crippen MR) is 100 cm³/mol. The van der Waals surface area contributed by atoms with Crippen molar-refractivity contribution in [2.45, 2.75) is 87.2 Å². The molecule has 0 radical (unpaired) electrons. The third-order valence-electron chi connectivity index (χ3n) is 5.55. The van der Waals surface area contributed by atoms with Crippen LogP contribution in [0.4, 0.5) is 5.95 Å². The highest BCUT2D eigenvalue weighted by Crippen LogP contribution is 2.42. The van der Waals surface area contributed by atoms with Gasteiger partial charge in [-0.2, -0.15) is 0 Å². The predicted octanol–water partition coefficient (Wildman–Crippen LogP) is 3.14. The number of rotatable bonds is 6. The van der Waals surface area contributed by atoms with Gasteiger partial charge in [-0.05, 0) is 51.9 Å². The molecule has 1 amide bonds. The van der Waals surface area contributed by atoms with E-state index in [4.69, 9.17) is 0 Å². The molecule has 4 rings (SSSR count). The number of thioether (sulfide) groups is 1. The van der Waals surface area contributed by atoms with Crippen LogP contribution in [0.15, 0.2) is 5.16 Å². The van der Waals surface area contributed by atoms with Gasteiger partial charge in [-0.25, -0.2) is 0 Å². The maximum Gasteiger partial charge on any atom is 0.233 e. The first-order valence-corrected chi connectivity index (χ1v) is 10.8. The van der Waals surface area contributed by atoms with Crippen LogP contribution in [0.2, 0.25) is 0 Å². The van der Waals surface area contributed by atoms with E-state index in [1.54, 1.807) is 11.8 Å². The van der Waals surface area contributed by atoms with Crippen LogP contribution in [-0.2, 0) is 4.79 Å². The van der Waals surface area contributed by atoms with E-state index >= 15 is 0 Å². The number of nitrogens with zero attached hydrogens (tertiary/aromatic N) is 4. The van der Waals surface area contributed by atoms with Gasteiger partial charge in [-0.1, -0.05) is 24.6 Å². The van der Waals surface area contributed by atoms with Crippen LogP contribution in [0, 0.1) is 0 Å². The van der Waals surface area contributed by atoms with Crippen molar-refractivity contribution in [3.63, 3.8) is 0 Å². The highest BCUT2D eigenvalue weighted by Gasteiger charge is 2.33. The van der Waals surface area contributed by atoms with E-state index in [9.17, 15) is 4.79 Å². The second-order valence-corrected chi connectivity index (χ2v) is 8.99. The summed E-state index contributed by atoms with van der Waals surface area (Å²) in [5.74, 6) is 1.16. The first-order valence-electron chi connectivity index (χ1n) is 9.89. The quantitative estimate of drug-likeness (QED) is 0.787. The van der Waals surface area contributed by atoms with Gasteiger partial charge in [0.05, 0.1) is 5.25 Å². The Morgan fingerprint density at radius 2 is 1.80 bits per heavy atom. The maximum atomic E-state index is 12.5. The number of carbonyl (C=O) groups excluding carboxylic acids is 1. The lowest BCUT2D eigenvalue weighted by Crippen LogP contribution is -2.37. The van der Waals surface area contributed by atoms with Crippen LogP contribution in [0.3, 0.4) is 0 Å². The first-order chi connectivity index (χ1) is 12.2. The van der Waals surface area contributed by atoms with Crippen LogP contribution in [0.25, 0.3) is 0 Å². The number of hydrogen-bond acceptors (Lipinski definition) is 5. The van der Waals surface area contributed by atoms with Crippen molar-refractivity contribution in [3.8, 4) is 0 Å². The highest BCUT2D eigenvalue weighted by atomic mass is 32.2. The normalized spacial score (nSPS) is 23.0. The zero-order valence-corrected chi connectivity index (χ0v) is 15.9. The van der Waals surface area contributed by atoms with Crippen molar-refractivity contribution < 1.29 is 4.79 Å². The number of piperidine rings is 1. The fraction of sp³-hybridized carbons (Fsp3) is 0.833. The maximum absolute atomic E-state index is 12.5. The van der Waals surface area contributed by atoms with Gasteiger partial charge in [0.15, 0.2) is 5.16 Å². The van der Waals surface area contributed by atoms with Crippen molar-refractivity contribution >= 4 is 23.6 Å². The largest absolute Gasteiger partial charge is 0.352 e. The van der Waals surface area contributed by atoms with Gasteiger partial charge < -0.3 is 10.2 Å². The summed E-state index contributed by atoms with van der Waals surface area (Å²) in [7, 11) is 0. The summed E-state index contributed by atoms with van der Waals surface area (Å²) in [4.78, 5) is 14.9. The van der Waals surface area contributed by atoms with Crippen molar-refractivity contribution in [1.82, 2.24) is 20.1 Å². The van der Waals surface area contributed by atoms with Gasteiger partial charge in [0.2, 0.25) is 11.9 Å². The molecule has 2 aliphatic carbocycles. The number of amides is 1. The lowest BCUT2D eigenvalue weighted by atomic mass is 10.1. The van der Waals surface area contributed by atoms with Crippen LogP contribution in [-0.4, -0.2) is 45.1 Å². The number of anilines is 1. The lowest BCUT2D eigenvalue weighted by molar-refractivity contribution is -0.120. The molecule has 3 fully saturated rings. The zero-order chi connectivity index (χ0) is 17.2. The molecule has 0 aromatic carbocycles. The van der Waals surface area contributed by atoms with Crippen LogP contribution < -0.4 is 10.2 Å². The molecule has 1 atom stereocenters. The number of aromatic nitrogens is 3. The second-order valence-electron chi connectivity index (χ2n) is 7.68.